The zero-order chi connectivity index (χ0) is 76.7. The molecule has 10 aromatic rings. The Hall–Kier alpha value is -5.84. The summed E-state index contributed by atoms with van der Waals surface area (Å²) < 4.78 is 2.97. The van der Waals surface area contributed by atoms with Crippen LogP contribution >= 0.6 is 68.0 Å². The molecule has 0 radical (unpaired) electrons. The SMILES string of the molecule is CCCCCCc1cc(CCCCCC)cc(C2(c3cc(CCCCCC)cc(CCCCCC)c3)c3cc(-c4ccc(/C=C/C=O)s4)sc3-c3sc4c5c(sc4c32)-c2sc(-c3ccc(/C=C/C=O)s3)cc2C5(c2cc(CCCCCC)cc(CCCCCC)c2)c2cc(CCCCCC)cc(CCCCCC)c2)c1. The fraction of sp³-hybridized carbons (Fsp3) is 0.490. The number of aldehydes is 2. The number of hydrogen-bond acceptors (Lipinski definition) is 8. The van der Waals surface area contributed by atoms with Crippen LogP contribution in [0.3, 0.4) is 0 Å². The van der Waals surface area contributed by atoms with E-state index >= 15 is 0 Å². The van der Waals surface area contributed by atoms with Crippen molar-refractivity contribution in [3.05, 3.63) is 220 Å². The number of unbranched alkanes of at least 4 members (excludes halogenated alkanes) is 24. The van der Waals surface area contributed by atoms with Crippen LogP contribution in [0.15, 0.2) is 121 Å². The maximum atomic E-state index is 11.9. The van der Waals surface area contributed by atoms with Crippen LogP contribution in [0, 0.1) is 0 Å². The van der Waals surface area contributed by atoms with E-state index in [1.807, 2.05) is 57.5 Å². The second kappa shape index (κ2) is 42.0. The van der Waals surface area contributed by atoms with Gasteiger partial charge >= 0.3 is 0 Å². The molecule has 2 aliphatic carbocycles. The third-order valence-electron chi connectivity index (χ3n) is 23.9. The summed E-state index contributed by atoms with van der Waals surface area (Å²) in [4.78, 5) is 37.1. The zero-order valence-electron chi connectivity index (χ0n) is 68.4. The van der Waals surface area contributed by atoms with Crippen molar-refractivity contribution in [3.8, 4) is 39.0 Å². The molecule has 0 unspecified atom stereocenters. The van der Waals surface area contributed by atoms with Crippen LogP contribution in [0.4, 0.5) is 0 Å². The summed E-state index contributed by atoms with van der Waals surface area (Å²) in [6, 6.07) is 47.2. The molecule has 0 bridgehead atoms. The van der Waals surface area contributed by atoms with Crippen molar-refractivity contribution in [2.45, 2.75) is 323 Å². The van der Waals surface area contributed by atoms with Gasteiger partial charge in [-0.3, -0.25) is 9.59 Å². The van der Waals surface area contributed by atoms with Crippen LogP contribution in [-0.2, 0) is 71.8 Å². The Balaban J connectivity index is 1.25. The maximum absolute atomic E-state index is 11.9. The summed E-state index contributed by atoms with van der Waals surface area (Å²) >= 11 is 12.1. The summed E-state index contributed by atoms with van der Waals surface area (Å²) in [6.07, 6.45) is 57.4. The number of thiophene rings is 6. The van der Waals surface area contributed by atoms with E-state index in [-0.39, 0.29) is 0 Å². The number of benzene rings is 4. The lowest BCUT2D eigenvalue weighted by molar-refractivity contribution is -0.104. The first-order valence-electron chi connectivity index (χ1n) is 44.0. The summed E-state index contributed by atoms with van der Waals surface area (Å²) in [5, 5.41) is 0. The van der Waals surface area contributed by atoms with Gasteiger partial charge < -0.3 is 0 Å². The second-order valence-corrected chi connectivity index (χ2v) is 38.9. The van der Waals surface area contributed by atoms with Crippen LogP contribution in [0.1, 0.15) is 360 Å². The van der Waals surface area contributed by atoms with Crippen LogP contribution in [0.25, 0.3) is 60.6 Å². The highest BCUT2D eigenvalue weighted by Crippen LogP contribution is 2.71. The molecule has 0 atom stereocenters. The molecule has 584 valence electrons. The molecule has 0 fully saturated rings. The van der Waals surface area contributed by atoms with Crippen molar-refractivity contribution in [1.82, 2.24) is 0 Å². The molecular weight excluding hydrogens is 1450 g/mol. The van der Waals surface area contributed by atoms with E-state index in [2.05, 4.69) is 187 Å². The number of hydrogen-bond donors (Lipinski definition) is 0. The molecule has 8 heteroatoms. The molecule has 12 rings (SSSR count). The molecule has 0 spiro atoms. The Morgan fingerprint density at radius 3 is 0.727 bits per heavy atom. The average Bonchev–Trinajstić information content (AvgIpc) is 1.48. The zero-order valence-corrected chi connectivity index (χ0v) is 73.3. The first-order chi connectivity index (χ1) is 54.1. The van der Waals surface area contributed by atoms with E-state index < -0.39 is 10.8 Å². The van der Waals surface area contributed by atoms with Crippen molar-refractivity contribution < 1.29 is 9.59 Å². The van der Waals surface area contributed by atoms with E-state index in [0.29, 0.717) is 0 Å². The van der Waals surface area contributed by atoms with E-state index in [9.17, 15) is 9.59 Å². The fourth-order valence-electron chi connectivity index (χ4n) is 18.2. The van der Waals surface area contributed by atoms with Crippen molar-refractivity contribution >= 4 is 102 Å². The van der Waals surface area contributed by atoms with Gasteiger partial charge in [-0.25, -0.2) is 0 Å². The second-order valence-electron chi connectivity index (χ2n) is 32.5. The van der Waals surface area contributed by atoms with Crippen LogP contribution in [-0.4, -0.2) is 12.6 Å². The first-order valence-corrected chi connectivity index (χ1v) is 48.9. The predicted octanol–water partition coefficient (Wildman–Crippen LogP) is 32.7. The van der Waals surface area contributed by atoms with Crippen molar-refractivity contribution in [2.24, 2.45) is 0 Å². The largest absolute Gasteiger partial charge is 0.299 e. The minimum Gasteiger partial charge on any atom is -0.299 e. The number of carbonyl (C=O) groups excluding carboxylic acids is 2. The lowest BCUT2D eigenvalue weighted by atomic mass is 9.65. The summed E-state index contributed by atoms with van der Waals surface area (Å²) in [5.74, 6) is 0. The topological polar surface area (TPSA) is 34.1 Å². The van der Waals surface area contributed by atoms with E-state index in [4.69, 9.17) is 0 Å². The molecule has 0 amide bonds. The van der Waals surface area contributed by atoms with Gasteiger partial charge in [0.25, 0.3) is 0 Å². The molecule has 6 heterocycles. The molecule has 0 saturated heterocycles. The molecule has 0 aliphatic heterocycles. The minimum absolute atomic E-state index is 0.647. The molecular formula is C102H128O2S6. The number of carbonyl (C=O) groups is 2. The minimum atomic E-state index is -0.647. The van der Waals surface area contributed by atoms with Gasteiger partial charge in [-0.2, -0.15) is 0 Å². The lowest BCUT2D eigenvalue weighted by Gasteiger charge is -2.35. The Morgan fingerprint density at radius 1 is 0.255 bits per heavy atom. The molecule has 2 nitrogen and oxygen atoms in total. The Labute approximate surface area is 688 Å². The van der Waals surface area contributed by atoms with Gasteiger partial charge in [-0.15, -0.1) is 68.0 Å². The predicted molar refractivity (Wildman–Crippen MR) is 490 cm³/mol. The van der Waals surface area contributed by atoms with Crippen LogP contribution in [0.5, 0.6) is 0 Å². The van der Waals surface area contributed by atoms with Gasteiger partial charge in [0.15, 0.2) is 0 Å². The Kier molecular flexibility index (Phi) is 31.9. The number of allylic oxidation sites excluding steroid dienone is 2. The molecule has 4 aromatic carbocycles. The highest BCUT2D eigenvalue weighted by atomic mass is 32.1. The summed E-state index contributed by atoms with van der Waals surface area (Å²) in [5.41, 5.74) is 22.6. The van der Waals surface area contributed by atoms with Crippen molar-refractivity contribution in [1.29, 1.82) is 0 Å². The number of fused-ring (bicyclic) bond motifs is 9. The monoisotopic (exact) mass is 1580 g/mol. The van der Waals surface area contributed by atoms with Crippen LogP contribution < -0.4 is 0 Å². The number of aryl methyl sites for hydroxylation is 8. The molecule has 6 aromatic heterocycles. The maximum Gasteiger partial charge on any atom is 0.142 e. The normalized spacial score (nSPS) is 13.4. The Bertz CT molecular complexity index is 4090. The molecule has 110 heavy (non-hydrogen) atoms. The van der Waals surface area contributed by atoms with Gasteiger partial charge in [-0.1, -0.05) is 282 Å². The first kappa shape index (κ1) is 83.6. The van der Waals surface area contributed by atoms with Crippen molar-refractivity contribution in [2.75, 3.05) is 0 Å². The standard InChI is InChI=1S/C102H128O2S6/c1-9-17-25-33-43-73-59-74(44-34-26-18-10-2)64-81(63-73)101(82-65-75(45-35-27-19-11-3)60-76(66-82)46-36-28-20-12-4)87-71-91(89-55-53-85(105-89)51-41-57-103)107-95(87)97-93(101)99-100(109-97)94-98(110-99)96-88(72-92(108-96)90-56-54-86(106-90)52-42-58-104)102(94,83-67-77(47-37-29-21-13-5)61-78(68-83)48-38-30-22-14-6)84-69-79(49-39-31-23-15-7)62-80(70-84)50-40-32-24-16-8/h41-42,51-72H,9-40,43-50H2,1-8H3/b51-41+,52-42+. The molecule has 2 aliphatic rings. The van der Waals surface area contributed by atoms with E-state index in [1.165, 1.54) is 343 Å². The highest BCUT2D eigenvalue weighted by Gasteiger charge is 2.56. The quantitative estimate of drug-likeness (QED) is 0.0216. The van der Waals surface area contributed by atoms with Gasteiger partial charge in [0, 0.05) is 40.4 Å². The summed E-state index contributed by atoms with van der Waals surface area (Å²) in [7, 11) is 0. The fourth-order valence-corrected chi connectivity index (χ4v) is 26.0. The van der Waals surface area contributed by atoms with E-state index in [1.54, 1.807) is 12.2 Å². The van der Waals surface area contributed by atoms with Crippen LogP contribution in [0.2, 0.25) is 0 Å². The van der Waals surface area contributed by atoms with Gasteiger partial charge in [0.2, 0.25) is 0 Å². The highest BCUT2D eigenvalue weighted by molar-refractivity contribution is 7.35. The molecule has 0 saturated carbocycles. The number of rotatable bonds is 50. The Morgan fingerprint density at radius 2 is 0.500 bits per heavy atom. The third kappa shape index (κ3) is 19.4. The average molecular weight is 1580 g/mol. The van der Waals surface area contributed by atoms with Gasteiger partial charge in [0.1, 0.15) is 12.6 Å². The van der Waals surface area contributed by atoms with Gasteiger partial charge in [-0.05, 0) is 241 Å². The van der Waals surface area contributed by atoms with E-state index in [0.717, 1.165) is 73.7 Å². The smallest absolute Gasteiger partial charge is 0.142 e. The van der Waals surface area contributed by atoms with Crippen molar-refractivity contribution in [3.63, 3.8) is 0 Å². The lowest BCUT2D eigenvalue weighted by Crippen LogP contribution is -2.30. The summed E-state index contributed by atoms with van der Waals surface area (Å²) in [6.45, 7) is 18.9. The van der Waals surface area contributed by atoms with Gasteiger partial charge in [0.05, 0.1) is 39.7 Å². The molecule has 0 N–H and O–H groups in total. The third-order valence-corrected chi connectivity index (χ3v) is 31.5.